The Morgan fingerprint density at radius 2 is 2.00 bits per heavy atom. The first-order valence-corrected chi connectivity index (χ1v) is 10.3. The van der Waals surface area contributed by atoms with E-state index in [1.165, 1.54) is 18.9 Å². The highest BCUT2D eigenvalue weighted by atomic mass is 32.2. The normalized spacial score (nSPS) is 24.0. The quantitative estimate of drug-likeness (QED) is 0.606. The van der Waals surface area contributed by atoms with Crippen LogP contribution in [0.1, 0.15) is 57.9 Å². The Hall–Kier alpha value is -1.60. The molecule has 2 aliphatic rings. The summed E-state index contributed by atoms with van der Waals surface area (Å²) in [7, 11) is 0. The van der Waals surface area contributed by atoms with Gasteiger partial charge in [0.05, 0.1) is 22.8 Å². The van der Waals surface area contributed by atoms with Crippen molar-refractivity contribution in [1.82, 2.24) is 4.90 Å². The maximum absolute atomic E-state index is 11.1. The molecule has 1 aliphatic carbocycles. The molecule has 2 fully saturated rings. The number of aliphatic hydroxyl groups is 1. The highest BCUT2D eigenvalue weighted by molar-refractivity contribution is 8.14. The van der Waals surface area contributed by atoms with Crippen molar-refractivity contribution in [3.63, 3.8) is 0 Å². The first-order valence-electron chi connectivity index (χ1n) is 9.34. The van der Waals surface area contributed by atoms with Gasteiger partial charge in [-0.25, -0.2) is 4.99 Å². The second kappa shape index (κ2) is 7.96. The maximum Gasteiger partial charge on any atom is 0.269 e. The third-order valence-electron chi connectivity index (χ3n) is 5.30. The predicted octanol–water partition coefficient (Wildman–Crippen LogP) is 4.45. The van der Waals surface area contributed by atoms with Crippen molar-refractivity contribution in [3.05, 3.63) is 33.9 Å². The molecule has 1 heterocycles. The van der Waals surface area contributed by atoms with Crippen molar-refractivity contribution in [2.75, 3.05) is 5.75 Å². The molecule has 1 aromatic carbocycles. The van der Waals surface area contributed by atoms with Gasteiger partial charge in [-0.2, -0.15) is 0 Å². The van der Waals surface area contributed by atoms with Crippen LogP contribution in [0, 0.1) is 10.1 Å². The smallest absolute Gasteiger partial charge is 0.269 e. The number of aliphatic imine (C=N–C) groups is 1. The lowest BCUT2D eigenvalue weighted by Gasteiger charge is -2.33. The topological polar surface area (TPSA) is 79.0 Å². The Balaban J connectivity index is 1.98. The van der Waals surface area contributed by atoms with E-state index >= 15 is 0 Å². The largest absolute Gasteiger partial charge is 0.391 e. The van der Waals surface area contributed by atoms with Crippen LogP contribution < -0.4 is 0 Å². The fourth-order valence-corrected chi connectivity index (χ4v) is 5.21. The lowest BCUT2D eigenvalue weighted by atomic mass is 10.0. The number of hydrogen-bond acceptors (Lipinski definition) is 5. The van der Waals surface area contributed by atoms with Crippen LogP contribution in [0.5, 0.6) is 0 Å². The molecule has 142 valence electrons. The molecule has 6 nitrogen and oxygen atoms in total. The predicted molar refractivity (Wildman–Crippen MR) is 106 cm³/mol. The average molecular weight is 378 g/mol. The highest BCUT2D eigenvalue weighted by Crippen LogP contribution is 2.38. The second-order valence-corrected chi connectivity index (χ2v) is 8.50. The number of aliphatic hydroxyl groups excluding tert-OH is 1. The van der Waals surface area contributed by atoms with Gasteiger partial charge in [0.25, 0.3) is 5.69 Å². The number of benzene rings is 1. The summed E-state index contributed by atoms with van der Waals surface area (Å²) < 4.78 is 0. The summed E-state index contributed by atoms with van der Waals surface area (Å²) in [6, 6.07) is 5.43. The van der Waals surface area contributed by atoms with Crippen molar-refractivity contribution in [1.29, 1.82) is 0 Å². The summed E-state index contributed by atoms with van der Waals surface area (Å²) in [5.74, 6) is 0.977. The van der Waals surface area contributed by atoms with E-state index in [1.54, 1.807) is 23.9 Å². The van der Waals surface area contributed by atoms with E-state index in [4.69, 9.17) is 4.99 Å². The lowest BCUT2D eigenvalue weighted by Crippen LogP contribution is -2.46. The summed E-state index contributed by atoms with van der Waals surface area (Å²) in [6.45, 7) is 5.90. The monoisotopic (exact) mass is 377 g/mol. The van der Waals surface area contributed by atoms with E-state index in [0.717, 1.165) is 35.0 Å². The van der Waals surface area contributed by atoms with Gasteiger partial charge in [0, 0.05) is 23.9 Å². The maximum atomic E-state index is 11.1. The standard InChI is InChI=1S/C19H27N3O3S/c1-12(2)16-10-15(22(24)25)8-9-17(16)20-19-21(14-6-4-5-7-14)18(11-26-19)13(3)23/h8-10,12-14,18,23H,4-7,11H2,1-3H3/b20-19-/t13-,18+/m1/s1. The molecule has 1 saturated carbocycles. The van der Waals surface area contributed by atoms with Gasteiger partial charge in [-0.3, -0.25) is 10.1 Å². The van der Waals surface area contributed by atoms with Gasteiger partial charge in [-0.1, -0.05) is 38.5 Å². The van der Waals surface area contributed by atoms with Gasteiger partial charge in [0.1, 0.15) is 0 Å². The minimum absolute atomic E-state index is 0.0856. The molecule has 0 aromatic heterocycles. The number of amidine groups is 1. The number of nitro groups is 1. The number of non-ortho nitro benzene ring substituents is 1. The van der Waals surface area contributed by atoms with Crippen LogP contribution in [0.3, 0.4) is 0 Å². The Kier molecular flexibility index (Phi) is 5.87. The molecule has 1 N–H and O–H groups in total. The van der Waals surface area contributed by atoms with Crippen LogP contribution in [0.15, 0.2) is 23.2 Å². The molecular formula is C19H27N3O3S. The molecule has 1 saturated heterocycles. The number of thioether (sulfide) groups is 1. The summed E-state index contributed by atoms with van der Waals surface area (Å²) in [4.78, 5) is 18.0. The third kappa shape index (κ3) is 3.88. The van der Waals surface area contributed by atoms with E-state index in [0.29, 0.717) is 6.04 Å². The zero-order chi connectivity index (χ0) is 18.8. The van der Waals surface area contributed by atoms with Crippen molar-refractivity contribution < 1.29 is 10.0 Å². The molecule has 1 aromatic rings. The van der Waals surface area contributed by atoms with Gasteiger partial charge < -0.3 is 10.0 Å². The molecule has 2 atom stereocenters. The van der Waals surface area contributed by atoms with Gasteiger partial charge in [0.15, 0.2) is 5.17 Å². The zero-order valence-corrected chi connectivity index (χ0v) is 16.4. The van der Waals surface area contributed by atoms with E-state index in [9.17, 15) is 15.2 Å². The van der Waals surface area contributed by atoms with Gasteiger partial charge in [-0.15, -0.1) is 0 Å². The summed E-state index contributed by atoms with van der Waals surface area (Å²) in [6.07, 6.45) is 4.32. The van der Waals surface area contributed by atoms with Gasteiger partial charge in [0.2, 0.25) is 0 Å². The van der Waals surface area contributed by atoms with Crippen LogP contribution >= 0.6 is 11.8 Å². The second-order valence-electron chi connectivity index (χ2n) is 7.51. The Labute approximate surface area is 158 Å². The Bertz CT molecular complexity index is 699. The van der Waals surface area contributed by atoms with Crippen molar-refractivity contribution in [3.8, 4) is 0 Å². The highest BCUT2D eigenvalue weighted by Gasteiger charge is 2.39. The Morgan fingerprint density at radius 1 is 1.31 bits per heavy atom. The molecular weight excluding hydrogens is 350 g/mol. The molecule has 0 unspecified atom stereocenters. The number of hydrogen-bond donors (Lipinski definition) is 1. The van der Waals surface area contributed by atoms with Crippen LogP contribution in [-0.2, 0) is 0 Å². The summed E-state index contributed by atoms with van der Waals surface area (Å²) in [5, 5.41) is 22.3. The molecule has 0 spiro atoms. The van der Waals surface area contributed by atoms with Gasteiger partial charge in [-0.05, 0) is 37.3 Å². The number of nitrogens with zero attached hydrogens (tertiary/aromatic N) is 3. The zero-order valence-electron chi connectivity index (χ0n) is 15.6. The van der Waals surface area contributed by atoms with E-state index in [-0.39, 0.29) is 22.6 Å². The molecule has 26 heavy (non-hydrogen) atoms. The van der Waals surface area contributed by atoms with Crippen LogP contribution in [0.2, 0.25) is 0 Å². The third-order valence-corrected chi connectivity index (χ3v) is 6.36. The number of rotatable bonds is 5. The Morgan fingerprint density at radius 3 is 2.58 bits per heavy atom. The van der Waals surface area contributed by atoms with E-state index in [1.807, 2.05) is 20.8 Å². The van der Waals surface area contributed by atoms with Gasteiger partial charge >= 0.3 is 0 Å². The van der Waals surface area contributed by atoms with Crippen molar-refractivity contribution >= 4 is 28.3 Å². The minimum atomic E-state index is -0.405. The van der Waals surface area contributed by atoms with E-state index < -0.39 is 6.10 Å². The SMILES string of the molecule is CC(C)c1cc([N+](=O)[O-])ccc1/N=C1\SC[C@@H]([C@@H](C)O)N1C1CCCC1. The average Bonchev–Trinajstić information content (AvgIpc) is 3.23. The first kappa shape index (κ1) is 19.2. The lowest BCUT2D eigenvalue weighted by molar-refractivity contribution is -0.384. The molecule has 0 radical (unpaired) electrons. The molecule has 1 aliphatic heterocycles. The fraction of sp³-hybridized carbons (Fsp3) is 0.632. The number of nitro benzene ring substituents is 1. The summed E-state index contributed by atoms with van der Waals surface area (Å²) in [5.41, 5.74) is 1.78. The molecule has 7 heteroatoms. The first-order chi connectivity index (χ1) is 12.4. The molecule has 3 rings (SSSR count). The fourth-order valence-electron chi connectivity index (χ4n) is 3.85. The minimum Gasteiger partial charge on any atom is -0.391 e. The van der Waals surface area contributed by atoms with Crippen molar-refractivity contribution in [2.24, 2.45) is 4.99 Å². The van der Waals surface area contributed by atoms with Crippen LogP contribution in [-0.4, -0.2) is 44.0 Å². The van der Waals surface area contributed by atoms with Crippen molar-refractivity contribution in [2.45, 2.75) is 70.6 Å². The molecule has 0 amide bonds. The van der Waals surface area contributed by atoms with Crippen LogP contribution in [0.25, 0.3) is 0 Å². The molecule has 0 bridgehead atoms. The summed E-state index contributed by atoms with van der Waals surface area (Å²) >= 11 is 1.68. The van der Waals surface area contributed by atoms with Crippen LogP contribution in [0.4, 0.5) is 11.4 Å². The van der Waals surface area contributed by atoms with E-state index in [2.05, 4.69) is 4.90 Å².